The largest absolute Gasteiger partial charge is 0.299 e. The molecule has 0 aliphatic rings. The van der Waals surface area contributed by atoms with Crippen molar-refractivity contribution < 1.29 is 4.79 Å². The molecule has 8 heavy (non-hydrogen) atoms. The molecule has 0 rings (SSSR count). The van der Waals surface area contributed by atoms with E-state index >= 15 is 0 Å². The zero-order valence-corrected chi connectivity index (χ0v) is 5.31. The Labute approximate surface area is 51.1 Å². The molecule has 0 fully saturated rings. The van der Waals surface area contributed by atoms with Crippen molar-refractivity contribution in [2.24, 2.45) is 5.92 Å². The van der Waals surface area contributed by atoms with Crippen LogP contribution in [-0.2, 0) is 4.79 Å². The summed E-state index contributed by atoms with van der Waals surface area (Å²) in [6.07, 6.45) is 1.20. The first-order chi connectivity index (χ1) is 3.72. The van der Waals surface area contributed by atoms with Crippen molar-refractivity contribution in [1.82, 2.24) is 0 Å². The van der Waals surface area contributed by atoms with Gasteiger partial charge in [-0.2, -0.15) is 0 Å². The summed E-state index contributed by atoms with van der Waals surface area (Å²) in [5.41, 5.74) is 0. The Morgan fingerprint density at radius 1 is 1.75 bits per heavy atom. The van der Waals surface area contributed by atoms with Gasteiger partial charge in [0.15, 0.2) is 0 Å². The van der Waals surface area contributed by atoms with Crippen molar-refractivity contribution >= 4 is 5.78 Å². The lowest BCUT2D eigenvalue weighted by atomic mass is 10.0. The molecule has 1 nitrogen and oxygen atoms in total. The SMILES string of the molecule is [CH2]CC(=O)C([CH2])CC. The van der Waals surface area contributed by atoms with Crippen molar-refractivity contribution in [1.29, 1.82) is 0 Å². The van der Waals surface area contributed by atoms with E-state index in [1.54, 1.807) is 0 Å². The van der Waals surface area contributed by atoms with Crippen LogP contribution in [0, 0.1) is 19.8 Å². The molecule has 0 aliphatic carbocycles. The third kappa shape index (κ3) is 2.10. The van der Waals surface area contributed by atoms with Crippen LogP contribution >= 0.6 is 0 Å². The molecule has 0 aliphatic heterocycles. The van der Waals surface area contributed by atoms with Gasteiger partial charge in [-0.05, 0) is 20.3 Å². The molecule has 1 unspecified atom stereocenters. The van der Waals surface area contributed by atoms with Crippen LogP contribution in [0.25, 0.3) is 0 Å². The molecule has 0 saturated heterocycles. The number of hydrogen-bond donors (Lipinski definition) is 0. The number of carbonyl (C=O) groups excluding carboxylic acids is 1. The summed E-state index contributed by atoms with van der Waals surface area (Å²) in [5, 5.41) is 0. The first-order valence-corrected chi connectivity index (χ1v) is 2.87. The molecule has 2 radical (unpaired) electrons. The first kappa shape index (κ1) is 7.67. The molecular weight excluding hydrogens is 100 g/mol. The normalized spacial score (nSPS) is 13.4. The van der Waals surface area contributed by atoms with E-state index in [9.17, 15) is 4.79 Å². The fourth-order valence-corrected chi connectivity index (χ4v) is 0.432. The Bertz CT molecular complexity index is 76.5. The predicted molar refractivity (Wildman–Crippen MR) is 34.1 cm³/mol. The maximum Gasteiger partial charge on any atom is 0.135 e. The maximum absolute atomic E-state index is 10.6. The van der Waals surface area contributed by atoms with E-state index < -0.39 is 0 Å². The second-order valence-electron chi connectivity index (χ2n) is 1.82. The molecule has 0 aromatic rings. The van der Waals surface area contributed by atoms with Crippen LogP contribution in [0.1, 0.15) is 19.8 Å². The maximum atomic E-state index is 10.6. The quantitative estimate of drug-likeness (QED) is 0.542. The van der Waals surface area contributed by atoms with Crippen molar-refractivity contribution in [3.8, 4) is 0 Å². The summed E-state index contributed by atoms with van der Waals surface area (Å²) >= 11 is 0. The molecule has 1 atom stereocenters. The van der Waals surface area contributed by atoms with Gasteiger partial charge in [-0.3, -0.25) is 4.79 Å². The van der Waals surface area contributed by atoms with Gasteiger partial charge in [0.2, 0.25) is 0 Å². The average molecular weight is 112 g/mol. The van der Waals surface area contributed by atoms with Crippen molar-refractivity contribution in [3.63, 3.8) is 0 Å². The van der Waals surface area contributed by atoms with Gasteiger partial charge in [0.1, 0.15) is 5.78 Å². The van der Waals surface area contributed by atoms with Crippen LogP contribution in [0.2, 0.25) is 0 Å². The van der Waals surface area contributed by atoms with E-state index in [2.05, 4.69) is 13.8 Å². The molecular formula is C7H12O. The highest BCUT2D eigenvalue weighted by Crippen LogP contribution is 2.02. The lowest BCUT2D eigenvalue weighted by molar-refractivity contribution is -0.120. The van der Waals surface area contributed by atoms with Crippen molar-refractivity contribution in [2.75, 3.05) is 0 Å². The van der Waals surface area contributed by atoms with Gasteiger partial charge in [-0.25, -0.2) is 0 Å². The highest BCUT2D eigenvalue weighted by Gasteiger charge is 2.05. The summed E-state index contributed by atoms with van der Waals surface area (Å²) in [5.74, 6) is 0.125. The van der Waals surface area contributed by atoms with Gasteiger partial charge >= 0.3 is 0 Å². The summed E-state index contributed by atoms with van der Waals surface area (Å²) in [6.45, 7) is 9.05. The molecule has 46 valence electrons. The fourth-order valence-electron chi connectivity index (χ4n) is 0.432. The highest BCUT2D eigenvalue weighted by atomic mass is 16.1. The minimum absolute atomic E-state index is 0.0347. The Morgan fingerprint density at radius 3 is 2.38 bits per heavy atom. The lowest BCUT2D eigenvalue weighted by Crippen LogP contribution is -2.07. The second-order valence-corrected chi connectivity index (χ2v) is 1.82. The van der Waals surface area contributed by atoms with Gasteiger partial charge in [-0.15, -0.1) is 0 Å². The Kier molecular flexibility index (Phi) is 3.49. The number of rotatable bonds is 3. The number of hydrogen-bond acceptors (Lipinski definition) is 1. The molecule has 0 aromatic carbocycles. The van der Waals surface area contributed by atoms with E-state index in [0.29, 0.717) is 6.42 Å². The molecule has 0 bridgehead atoms. The Balaban J connectivity index is 3.46. The summed E-state index contributed by atoms with van der Waals surface area (Å²) < 4.78 is 0. The van der Waals surface area contributed by atoms with Crippen LogP contribution < -0.4 is 0 Å². The Morgan fingerprint density at radius 2 is 2.25 bits per heavy atom. The van der Waals surface area contributed by atoms with E-state index in [4.69, 9.17) is 0 Å². The van der Waals surface area contributed by atoms with Crippen LogP contribution in [0.15, 0.2) is 0 Å². The fraction of sp³-hybridized carbons (Fsp3) is 0.571. The average Bonchev–Trinajstić information content (AvgIpc) is 1.84. The topological polar surface area (TPSA) is 17.1 Å². The third-order valence-corrected chi connectivity index (χ3v) is 1.19. The second kappa shape index (κ2) is 3.65. The van der Waals surface area contributed by atoms with Gasteiger partial charge in [0.05, 0.1) is 0 Å². The zero-order chi connectivity index (χ0) is 6.57. The van der Waals surface area contributed by atoms with Crippen molar-refractivity contribution in [2.45, 2.75) is 19.8 Å². The van der Waals surface area contributed by atoms with Crippen molar-refractivity contribution in [3.05, 3.63) is 13.8 Å². The first-order valence-electron chi connectivity index (χ1n) is 2.87. The van der Waals surface area contributed by atoms with Crippen LogP contribution in [0.4, 0.5) is 0 Å². The van der Waals surface area contributed by atoms with Crippen LogP contribution in [0.5, 0.6) is 0 Å². The molecule has 0 amide bonds. The molecule has 1 heteroatoms. The van der Waals surface area contributed by atoms with E-state index in [0.717, 1.165) is 6.42 Å². The summed E-state index contributed by atoms with van der Waals surface area (Å²) in [6, 6.07) is 0. The number of Topliss-reactive ketones (excluding diaryl/α,β-unsaturated/α-hetero) is 1. The number of carbonyl (C=O) groups is 1. The van der Waals surface area contributed by atoms with Crippen LogP contribution in [0.3, 0.4) is 0 Å². The highest BCUT2D eigenvalue weighted by molar-refractivity contribution is 5.81. The third-order valence-electron chi connectivity index (χ3n) is 1.19. The standard InChI is InChI=1S/C7H12O/c1-4-6(3)7(8)5-2/h6H,2-5H2,1H3. The molecule has 0 spiro atoms. The minimum atomic E-state index is -0.0347. The van der Waals surface area contributed by atoms with E-state index in [-0.39, 0.29) is 11.7 Å². The monoisotopic (exact) mass is 112 g/mol. The Hall–Kier alpha value is -0.330. The zero-order valence-electron chi connectivity index (χ0n) is 5.31. The van der Waals surface area contributed by atoms with Crippen LogP contribution in [-0.4, -0.2) is 5.78 Å². The van der Waals surface area contributed by atoms with Gasteiger partial charge in [-0.1, -0.05) is 6.92 Å². The molecule has 0 heterocycles. The summed E-state index contributed by atoms with van der Waals surface area (Å²) in [4.78, 5) is 10.6. The van der Waals surface area contributed by atoms with Gasteiger partial charge in [0.25, 0.3) is 0 Å². The smallest absolute Gasteiger partial charge is 0.135 e. The number of ketones is 1. The molecule has 0 N–H and O–H groups in total. The molecule has 0 aromatic heterocycles. The van der Waals surface area contributed by atoms with E-state index in [1.807, 2.05) is 6.92 Å². The summed E-state index contributed by atoms with van der Waals surface area (Å²) in [7, 11) is 0. The van der Waals surface area contributed by atoms with E-state index in [1.165, 1.54) is 0 Å². The predicted octanol–water partition coefficient (Wildman–Crippen LogP) is 1.64. The van der Waals surface area contributed by atoms with Gasteiger partial charge in [0, 0.05) is 12.3 Å². The minimum Gasteiger partial charge on any atom is -0.299 e. The molecule has 0 saturated carbocycles. The lowest BCUT2D eigenvalue weighted by Gasteiger charge is -2.01. The van der Waals surface area contributed by atoms with Gasteiger partial charge < -0.3 is 0 Å².